The maximum absolute atomic E-state index is 12.9. The first-order valence-corrected chi connectivity index (χ1v) is 12.7. The Morgan fingerprint density at radius 1 is 0.914 bits per heavy atom. The van der Waals surface area contributed by atoms with Gasteiger partial charge in [-0.15, -0.1) is 0 Å². The predicted molar refractivity (Wildman–Crippen MR) is 137 cm³/mol. The molecule has 0 aliphatic carbocycles. The van der Waals surface area contributed by atoms with Crippen LogP contribution in [0.15, 0.2) is 77.7 Å². The second-order valence-corrected chi connectivity index (χ2v) is 10.2. The number of carbonyl (C=O) groups is 1. The highest BCUT2D eigenvalue weighted by molar-refractivity contribution is 7.92. The molecule has 0 aliphatic heterocycles. The Labute approximate surface area is 205 Å². The molecule has 7 nitrogen and oxygen atoms in total. The van der Waals surface area contributed by atoms with Gasteiger partial charge in [0.1, 0.15) is 0 Å². The first kappa shape index (κ1) is 24.2. The highest BCUT2D eigenvalue weighted by Crippen LogP contribution is 2.22. The van der Waals surface area contributed by atoms with Crippen LogP contribution in [0.25, 0.3) is 5.69 Å². The third-order valence-electron chi connectivity index (χ3n) is 5.88. The summed E-state index contributed by atoms with van der Waals surface area (Å²) >= 11 is 0. The van der Waals surface area contributed by atoms with Crippen LogP contribution in [-0.4, -0.2) is 24.1 Å². The normalized spacial score (nSPS) is 11.3. The summed E-state index contributed by atoms with van der Waals surface area (Å²) < 4.78 is 30.3. The zero-order valence-electron chi connectivity index (χ0n) is 20.2. The lowest BCUT2D eigenvalue weighted by Gasteiger charge is -2.12. The number of aryl methyl sites for hydroxylation is 3. The lowest BCUT2D eigenvalue weighted by Crippen LogP contribution is -2.23. The number of sulfonamides is 1. The summed E-state index contributed by atoms with van der Waals surface area (Å²) in [6, 6.07) is 21.6. The highest BCUT2D eigenvalue weighted by Gasteiger charge is 2.18. The van der Waals surface area contributed by atoms with Gasteiger partial charge in [-0.25, -0.2) is 13.1 Å². The van der Waals surface area contributed by atoms with E-state index in [-0.39, 0.29) is 10.8 Å². The minimum absolute atomic E-state index is 0.216. The van der Waals surface area contributed by atoms with Crippen LogP contribution in [-0.2, 0) is 16.6 Å². The molecule has 1 heterocycles. The second-order valence-electron chi connectivity index (χ2n) is 8.53. The number of nitrogens with zero attached hydrogens (tertiary/aromatic N) is 2. The molecule has 4 rings (SSSR count). The van der Waals surface area contributed by atoms with E-state index in [9.17, 15) is 13.2 Å². The zero-order chi connectivity index (χ0) is 25.2. The molecule has 2 N–H and O–H groups in total. The first-order valence-electron chi connectivity index (χ1n) is 11.2. The monoisotopic (exact) mass is 488 g/mol. The van der Waals surface area contributed by atoms with E-state index in [0.717, 1.165) is 28.2 Å². The third-order valence-corrected chi connectivity index (χ3v) is 7.40. The van der Waals surface area contributed by atoms with Crippen molar-refractivity contribution in [1.29, 1.82) is 0 Å². The molecule has 0 bridgehead atoms. The van der Waals surface area contributed by atoms with Gasteiger partial charge in [0.05, 0.1) is 16.3 Å². The molecule has 0 saturated carbocycles. The van der Waals surface area contributed by atoms with Crippen molar-refractivity contribution < 1.29 is 13.2 Å². The molecule has 1 amide bonds. The van der Waals surface area contributed by atoms with Gasteiger partial charge in [0.15, 0.2) is 0 Å². The van der Waals surface area contributed by atoms with Crippen LogP contribution in [0.4, 0.5) is 5.69 Å². The van der Waals surface area contributed by atoms with Gasteiger partial charge in [-0.05, 0) is 75.2 Å². The number of rotatable bonds is 7. The second kappa shape index (κ2) is 9.76. The summed E-state index contributed by atoms with van der Waals surface area (Å²) in [6.07, 6.45) is 0. The number of benzene rings is 3. The van der Waals surface area contributed by atoms with Gasteiger partial charge in [0.25, 0.3) is 15.9 Å². The maximum atomic E-state index is 12.9. The van der Waals surface area contributed by atoms with Crippen LogP contribution in [0.1, 0.15) is 38.4 Å². The molecule has 180 valence electrons. The largest absolute Gasteiger partial charge is 0.348 e. The topological polar surface area (TPSA) is 93.1 Å². The van der Waals surface area contributed by atoms with Crippen molar-refractivity contribution in [2.75, 3.05) is 4.72 Å². The van der Waals surface area contributed by atoms with Crippen LogP contribution in [0.3, 0.4) is 0 Å². The maximum Gasteiger partial charge on any atom is 0.262 e. The fourth-order valence-electron chi connectivity index (χ4n) is 3.95. The van der Waals surface area contributed by atoms with Crippen LogP contribution in [0, 0.1) is 27.7 Å². The van der Waals surface area contributed by atoms with Crippen molar-refractivity contribution in [1.82, 2.24) is 15.1 Å². The molecule has 0 saturated heterocycles. The lowest BCUT2D eigenvalue weighted by molar-refractivity contribution is 0.0951. The molecule has 0 unspecified atom stereocenters. The smallest absolute Gasteiger partial charge is 0.262 e. The summed E-state index contributed by atoms with van der Waals surface area (Å²) in [4.78, 5) is 13.1. The molecule has 35 heavy (non-hydrogen) atoms. The lowest BCUT2D eigenvalue weighted by atomic mass is 10.1. The van der Waals surface area contributed by atoms with Crippen LogP contribution >= 0.6 is 0 Å². The van der Waals surface area contributed by atoms with E-state index in [0.29, 0.717) is 23.4 Å². The Kier molecular flexibility index (Phi) is 6.75. The van der Waals surface area contributed by atoms with Gasteiger partial charge in [0.2, 0.25) is 0 Å². The molecule has 0 aliphatic rings. The molecule has 0 atom stereocenters. The van der Waals surface area contributed by atoms with E-state index in [1.807, 2.05) is 61.9 Å². The minimum atomic E-state index is -3.79. The van der Waals surface area contributed by atoms with E-state index in [1.54, 1.807) is 37.3 Å². The summed E-state index contributed by atoms with van der Waals surface area (Å²) in [5.41, 5.74) is 5.86. The van der Waals surface area contributed by atoms with Crippen LogP contribution < -0.4 is 10.0 Å². The number of hydrogen-bond donors (Lipinski definition) is 2. The number of hydrogen-bond acceptors (Lipinski definition) is 4. The Morgan fingerprint density at radius 3 is 2.40 bits per heavy atom. The number of nitrogens with one attached hydrogen (secondary N) is 2. The average Bonchev–Trinajstić information content (AvgIpc) is 3.12. The summed E-state index contributed by atoms with van der Waals surface area (Å²) in [6.45, 7) is 7.79. The van der Waals surface area contributed by atoms with Crippen molar-refractivity contribution in [3.05, 3.63) is 106 Å². The molecule has 0 spiro atoms. The van der Waals surface area contributed by atoms with E-state index in [1.165, 1.54) is 6.07 Å². The van der Waals surface area contributed by atoms with Crippen LogP contribution in [0.5, 0.6) is 0 Å². The summed E-state index contributed by atoms with van der Waals surface area (Å²) in [5, 5.41) is 7.55. The van der Waals surface area contributed by atoms with E-state index in [2.05, 4.69) is 15.1 Å². The minimum Gasteiger partial charge on any atom is -0.348 e. The average molecular weight is 489 g/mol. The number of carbonyl (C=O) groups excluding carboxylic acids is 1. The number of anilines is 1. The van der Waals surface area contributed by atoms with Gasteiger partial charge in [0, 0.05) is 29.1 Å². The molecule has 3 aromatic carbocycles. The van der Waals surface area contributed by atoms with Gasteiger partial charge >= 0.3 is 0 Å². The molecular formula is C27H28N4O3S. The van der Waals surface area contributed by atoms with Crippen LogP contribution in [0.2, 0.25) is 0 Å². The van der Waals surface area contributed by atoms with E-state index in [4.69, 9.17) is 0 Å². The van der Waals surface area contributed by atoms with Crippen molar-refractivity contribution in [2.45, 2.75) is 39.1 Å². The first-order chi connectivity index (χ1) is 16.7. The Bertz CT molecular complexity index is 1490. The van der Waals surface area contributed by atoms with E-state index >= 15 is 0 Å². The number of amides is 1. The number of para-hydroxylation sites is 1. The fraction of sp³-hybridized carbons (Fsp3) is 0.185. The Morgan fingerprint density at radius 2 is 1.66 bits per heavy atom. The van der Waals surface area contributed by atoms with Crippen molar-refractivity contribution in [3.63, 3.8) is 0 Å². The third kappa shape index (κ3) is 5.27. The van der Waals surface area contributed by atoms with E-state index < -0.39 is 10.0 Å². The van der Waals surface area contributed by atoms with Gasteiger partial charge in [-0.2, -0.15) is 5.10 Å². The number of aromatic nitrogens is 2. The molecule has 1 aromatic heterocycles. The van der Waals surface area contributed by atoms with Crippen molar-refractivity contribution >= 4 is 21.6 Å². The van der Waals surface area contributed by atoms with Gasteiger partial charge in [-0.1, -0.05) is 36.4 Å². The van der Waals surface area contributed by atoms with Crippen molar-refractivity contribution in [3.8, 4) is 5.69 Å². The highest BCUT2D eigenvalue weighted by atomic mass is 32.2. The predicted octanol–water partition coefficient (Wildman–Crippen LogP) is 4.84. The molecule has 4 aromatic rings. The summed E-state index contributed by atoms with van der Waals surface area (Å²) in [5.74, 6) is -0.302. The van der Waals surface area contributed by atoms with Crippen molar-refractivity contribution in [2.24, 2.45) is 0 Å². The molecule has 0 fully saturated rings. The fourth-order valence-corrected chi connectivity index (χ4v) is 5.33. The zero-order valence-corrected chi connectivity index (χ0v) is 21.0. The Hall–Kier alpha value is -3.91. The van der Waals surface area contributed by atoms with Gasteiger partial charge in [-0.3, -0.25) is 9.52 Å². The molecule has 8 heteroatoms. The quantitative estimate of drug-likeness (QED) is 0.389. The SMILES string of the molecule is Cc1ccc(C)c(S(=O)(=O)Nc2cccc(C(=O)NCc3c(C)nn(-c4ccccc4)c3C)c2)c1. The van der Waals surface area contributed by atoms with Gasteiger partial charge < -0.3 is 5.32 Å². The Balaban J connectivity index is 1.49. The standard InChI is InChI=1S/C27H28N4O3S/c1-18-13-14-19(2)26(15-18)35(33,34)30-23-10-8-9-22(16-23)27(32)28-17-25-20(3)29-31(21(25)4)24-11-6-5-7-12-24/h5-16,30H,17H2,1-4H3,(H,28,32). The summed E-state index contributed by atoms with van der Waals surface area (Å²) in [7, 11) is -3.79. The molecule has 0 radical (unpaired) electrons. The molecular weight excluding hydrogens is 460 g/mol.